The lowest BCUT2D eigenvalue weighted by Crippen LogP contribution is -2.22. The van der Waals surface area contributed by atoms with Gasteiger partial charge in [0.15, 0.2) is 0 Å². The van der Waals surface area contributed by atoms with E-state index in [2.05, 4.69) is 23.3 Å². The predicted molar refractivity (Wildman–Crippen MR) is 104 cm³/mol. The summed E-state index contributed by atoms with van der Waals surface area (Å²) in [7, 11) is 1.63. The van der Waals surface area contributed by atoms with Crippen LogP contribution in [-0.4, -0.2) is 16.9 Å². The highest BCUT2D eigenvalue weighted by Gasteiger charge is 2.07. The molecule has 0 atom stereocenters. The van der Waals surface area contributed by atoms with Gasteiger partial charge in [0, 0.05) is 11.6 Å². The van der Waals surface area contributed by atoms with Crippen molar-refractivity contribution in [1.29, 1.82) is 0 Å². The van der Waals surface area contributed by atoms with Crippen molar-refractivity contribution >= 4 is 10.8 Å². The fraction of sp³-hybridized carbons (Fsp3) is 0.0909. The van der Waals surface area contributed by atoms with Crippen LogP contribution < -0.4 is 10.3 Å². The molecule has 26 heavy (non-hydrogen) atoms. The molecule has 0 saturated heterocycles. The standard InChI is InChI=1S/C22H18N2O2/c1-26-19-10-5-8-17(14-19)21-12-13-22(25)24(23-21)15-18-9-4-7-16-6-2-3-11-20(16)18/h2-14H,15H2,1H3. The maximum absolute atomic E-state index is 12.3. The van der Waals surface area contributed by atoms with Crippen molar-refractivity contribution in [3.8, 4) is 17.0 Å². The van der Waals surface area contributed by atoms with E-state index in [-0.39, 0.29) is 5.56 Å². The molecule has 0 unspecified atom stereocenters. The zero-order valence-corrected chi connectivity index (χ0v) is 14.4. The van der Waals surface area contributed by atoms with Gasteiger partial charge in [-0.1, -0.05) is 54.6 Å². The third-order valence-corrected chi connectivity index (χ3v) is 4.43. The molecule has 1 heterocycles. The highest BCUT2D eigenvalue weighted by Crippen LogP contribution is 2.22. The molecule has 0 aliphatic rings. The lowest BCUT2D eigenvalue weighted by molar-refractivity contribution is 0.415. The number of aromatic nitrogens is 2. The number of hydrogen-bond donors (Lipinski definition) is 0. The van der Waals surface area contributed by atoms with Gasteiger partial charge in [-0.3, -0.25) is 4.79 Å². The number of methoxy groups -OCH3 is 1. The summed E-state index contributed by atoms with van der Waals surface area (Å²) in [5, 5.41) is 6.86. The van der Waals surface area contributed by atoms with E-state index in [9.17, 15) is 4.79 Å². The van der Waals surface area contributed by atoms with Crippen molar-refractivity contribution in [3.05, 3.63) is 94.8 Å². The first-order valence-electron chi connectivity index (χ1n) is 8.44. The predicted octanol–water partition coefficient (Wildman–Crippen LogP) is 4.12. The monoisotopic (exact) mass is 342 g/mol. The molecule has 0 radical (unpaired) electrons. The molecule has 0 aliphatic heterocycles. The van der Waals surface area contributed by atoms with Crippen LogP contribution in [0.2, 0.25) is 0 Å². The lowest BCUT2D eigenvalue weighted by Gasteiger charge is -2.10. The number of hydrogen-bond acceptors (Lipinski definition) is 3. The van der Waals surface area contributed by atoms with Crippen LogP contribution >= 0.6 is 0 Å². The first-order chi connectivity index (χ1) is 12.7. The van der Waals surface area contributed by atoms with Gasteiger partial charge in [0.1, 0.15) is 5.75 Å². The smallest absolute Gasteiger partial charge is 0.267 e. The topological polar surface area (TPSA) is 44.1 Å². The molecule has 0 bridgehead atoms. The fourth-order valence-electron chi connectivity index (χ4n) is 3.09. The molecule has 4 aromatic rings. The van der Waals surface area contributed by atoms with E-state index in [1.807, 2.05) is 48.5 Å². The van der Waals surface area contributed by atoms with E-state index in [0.717, 1.165) is 33.3 Å². The van der Waals surface area contributed by atoms with Crippen molar-refractivity contribution in [2.75, 3.05) is 7.11 Å². The second-order valence-corrected chi connectivity index (χ2v) is 6.08. The van der Waals surface area contributed by atoms with Crippen LogP contribution in [0.4, 0.5) is 0 Å². The first-order valence-corrected chi connectivity index (χ1v) is 8.44. The molecule has 0 saturated carbocycles. The molecule has 0 amide bonds. The van der Waals surface area contributed by atoms with Gasteiger partial charge >= 0.3 is 0 Å². The molecule has 0 aliphatic carbocycles. The molecular formula is C22H18N2O2. The Labute approximate surface area is 151 Å². The zero-order chi connectivity index (χ0) is 17.9. The summed E-state index contributed by atoms with van der Waals surface area (Å²) in [4.78, 5) is 12.3. The van der Waals surface area contributed by atoms with Crippen LogP contribution in [0, 0.1) is 0 Å². The number of rotatable bonds is 4. The van der Waals surface area contributed by atoms with Crippen molar-refractivity contribution in [2.45, 2.75) is 6.54 Å². The Morgan fingerprint density at radius 3 is 2.62 bits per heavy atom. The second kappa shape index (κ2) is 6.84. The van der Waals surface area contributed by atoms with E-state index >= 15 is 0 Å². The third-order valence-electron chi connectivity index (χ3n) is 4.43. The van der Waals surface area contributed by atoms with Crippen LogP contribution in [0.3, 0.4) is 0 Å². The van der Waals surface area contributed by atoms with Crippen molar-refractivity contribution in [1.82, 2.24) is 9.78 Å². The molecule has 4 heteroatoms. The van der Waals surface area contributed by atoms with Crippen LogP contribution in [-0.2, 0) is 6.54 Å². The molecule has 3 aromatic carbocycles. The van der Waals surface area contributed by atoms with Crippen LogP contribution in [0.25, 0.3) is 22.0 Å². The van der Waals surface area contributed by atoms with E-state index < -0.39 is 0 Å². The van der Waals surface area contributed by atoms with E-state index in [4.69, 9.17) is 4.74 Å². The highest BCUT2D eigenvalue weighted by molar-refractivity contribution is 5.85. The minimum Gasteiger partial charge on any atom is -0.497 e. The zero-order valence-electron chi connectivity index (χ0n) is 14.4. The van der Waals surface area contributed by atoms with Crippen molar-refractivity contribution < 1.29 is 4.74 Å². The third kappa shape index (κ3) is 3.09. The summed E-state index contributed by atoms with van der Waals surface area (Å²) in [6.07, 6.45) is 0. The Hall–Kier alpha value is -3.40. The molecule has 128 valence electrons. The van der Waals surface area contributed by atoms with Crippen molar-refractivity contribution in [3.63, 3.8) is 0 Å². The summed E-state index contributed by atoms with van der Waals surface area (Å²) in [5.41, 5.74) is 2.60. The van der Waals surface area contributed by atoms with E-state index in [1.165, 1.54) is 4.68 Å². The summed E-state index contributed by atoms with van der Waals surface area (Å²) in [6.45, 7) is 0.429. The van der Waals surface area contributed by atoms with Gasteiger partial charge < -0.3 is 4.74 Å². The average Bonchev–Trinajstić information content (AvgIpc) is 2.70. The molecule has 4 rings (SSSR count). The number of benzene rings is 3. The SMILES string of the molecule is COc1cccc(-c2ccc(=O)n(Cc3cccc4ccccc34)n2)c1. The van der Waals surface area contributed by atoms with Gasteiger partial charge in [0.25, 0.3) is 5.56 Å². The Morgan fingerprint density at radius 1 is 0.923 bits per heavy atom. The maximum Gasteiger partial charge on any atom is 0.267 e. The summed E-state index contributed by atoms with van der Waals surface area (Å²) in [6, 6.07) is 25.3. The Balaban J connectivity index is 1.76. The second-order valence-electron chi connectivity index (χ2n) is 6.08. The van der Waals surface area contributed by atoms with E-state index in [1.54, 1.807) is 19.2 Å². The first kappa shape index (κ1) is 16.1. The molecule has 0 spiro atoms. The van der Waals surface area contributed by atoms with Crippen LogP contribution in [0.15, 0.2) is 83.7 Å². The van der Waals surface area contributed by atoms with E-state index in [0.29, 0.717) is 6.54 Å². The molecule has 0 N–H and O–H groups in total. The number of fused-ring (bicyclic) bond motifs is 1. The fourth-order valence-corrected chi connectivity index (χ4v) is 3.09. The quantitative estimate of drug-likeness (QED) is 0.560. The average molecular weight is 342 g/mol. The van der Waals surface area contributed by atoms with Gasteiger partial charge in [-0.15, -0.1) is 0 Å². The summed E-state index contributed by atoms with van der Waals surface area (Å²) in [5.74, 6) is 0.760. The van der Waals surface area contributed by atoms with Gasteiger partial charge in [-0.05, 0) is 34.5 Å². The van der Waals surface area contributed by atoms with Crippen molar-refractivity contribution in [2.24, 2.45) is 0 Å². The molecule has 0 fully saturated rings. The van der Waals surface area contributed by atoms with Gasteiger partial charge in [0.2, 0.25) is 0 Å². The molecular weight excluding hydrogens is 324 g/mol. The largest absolute Gasteiger partial charge is 0.497 e. The minimum absolute atomic E-state index is 0.121. The van der Waals surface area contributed by atoms with Gasteiger partial charge in [0.05, 0.1) is 19.3 Å². The van der Waals surface area contributed by atoms with Crippen LogP contribution in [0.1, 0.15) is 5.56 Å². The number of nitrogens with zero attached hydrogens (tertiary/aromatic N) is 2. The summed E-state index contributed by atoms with van der Waals surface area (Å²) >= 11 is 0. The number of ether oxygens (including phenoxy) is 1. The molecule has 4 nitrogen and oxygen atoms in total. The Kier molecular flexibility index (Phi) is 4.23. The normalized spacial score (nSPS) is 10.8. The van der Waals surface area contributed by atoms with Crippen LogP contribution in [0.5, 0.6) is 5.75 Å². The Morgan fingerprint density at radius 2 is 1.73 bits per heavy atom. The lowest BCUT2D eigenvalue weighted by atomic mass is 10.0. The minimum atomic E-state index is -0.121. The maximum atomic E-state index is 12.3. The highest BCUT2D eigenvalue weighted by atomic mass is 16.5. The van der Waals surface area contributed by atoms with Gasteiger partial charge in [-0.2, -0.15) is 5.10 Å². The summed E-state index contributed by atoms with van der Waals surface area (Å²) < 4.78 is 6.79. The molecule has 1 aromatic heterocycles. The Bertz CT molecular complexity index is 1130. The van der Waals surface area contributed by atoms with Gasteiger partial charge in [-0.25, -0.2) is 4.68 Å².